The predicted molar refractivity (Wildman–Crippen MR) is 68.7 cm³/mol. The van der Waals surface area contributed by atoms with E-state index in [1.807, 2.05) is 0 Å². The SMILES string of the molecule is FS(F)(F)(F)(F)Sc1cccc(-c2ccccn2)c1. The van der Waals surface area contributed by atoms with E-state index in [1.165, 1.54) is 18.3 Å². The van der Waals surface area contributed by atoms with Crippen LogP contribution in [0.5, 0.6) is 0 Å². The van der Waals surface area contributed by atoms with Crippen molar-refractivity contribution in [2.24, 2.45) is 0 Å². The topological polar surface area (TPSA) is 12.9 Å². The third-order valence-corrected chi connectivity index (χ3v) is 4.33. The summed E-state index contributed by atoms with van der Waals surface area (Å²) in [5, 5.41) is 0. The van der Waals surface area contributed by atoms with Crippen molar-refractivity contribution in [3.05, 3.63) is 48.7 Å². The normalized spacial score (nSPS) is 15.6. The summed E-state index contributed by atoms with van der Waals surface area (Å²) in [7, 11) is -10.9. The van der Waals surface area contributed by atoms with Crippen molar-refractivity contribution >= 4 is 20.0 Å². The fourth-order valence-electron chi connectivity index (χ4n) is 1.42. The Morgan fingerprint density at radius 1 is 0.895 bits per heavy atom. The number of nitrogens with zero attached hydrogens (tertiary/aromatic N) is 1. The fourth-order valence-corrected chi connectivity index (χ4v) is 3.50. The molecule has 0 unspecified atom stereocenters. The van der Waals surface area contributed by atoms with Gasteiger partial charge >= 0.3 is 9.26 Å². The lowest BCUT2D eigenvalue weighted by Crippen LogP contribution is -1.97. The maximum absolute atomic E-state index is 12.4. The molecule has 8 heteroatoms. The highest BCUT2D eigenvalue weighted by Crippen LogP contribution is 3.06. The van der Waals surface area contributed by atoms with Gasteiger partial charge in [-0.15, -0.1) is 0 Å². The van der Waals surface area contributed by atoms with Crippen LogP contribution in [0.4, 0.5) is 19.4 Å². The molecule has 0 spiro atoms. The molecular formula is C11H8F5NS2. The minimum absolute atomic E-state index is 0.354. The molecule has 104 valence electrons. The second-order valence-corrected chi connectivity index (χ2v) is 8.55. The first-order valence-corrected chi connectivity index (χ1v) is 8.27. The zero-order chi connectivity index (χ0) is 14.2. The summed E-state index contributed by atoms with van der Waals surface area (Å²) >= 11 is 0. The van der Waals surface area contributed by atoms with Crippen LogP contribution in [0.25, 0.3) is 11.3 Å². The van der Waals surface area contributed by atoms with E-state index < -0.39 is 24.9 Å². The van der Waals surface area contributed by atoms with Crippen LogP contribution < -0.4 is 0 Å². The summed E-state index contributed by atoms with van der Waals surface area (Å²) in [5.41, 5.74) is 0.777. The molecule has 2 aromatic rings. The van der Waals surface area contributed by atoms with Gasteiger partial charge in [0.15, 0.2) is 0 Å². The standard InChI is InChI=1S/C11H8F5NS2/c12-19(13,14,15,16)18-10-5-3-4-9(8-10)11-6-1-2-7-17-11/h1-8H. The summed E-state index contributed by atoms with van der Waals surface area (Å²) < 4.78 is 61.9. The van der Waals surface area contributed by atoms with Gasteiger partial charge in [-0.1, -0.05) is 37.6 Å². The third-order valence-electron chi connectivity index (χ3n) is 2.05. The molecule has 0 fully saturated rings. The number of halogens is 5. The van der Waals surface area contributed by atoms with Crippen LogP contribution in [-0.4, -0.2) is 4.98 Å². The first kappa shape index (κ1) is 14.1. The van der Waals surface area contributed by atoms with E-state index in [9.17, 15) is 19.4 Å². The van der Waals surface area contributed by atoms with Crippen LogP contribution in [-0.2, 0) is 0 Å². The summed E-state index contributed by atoms with van der Waals surface area (Å²) in [5.74, 6) is 0. The van der Waals surface area contributed by atoms with Gasteiger partial charge in [0.2, 0.25) is 0 Å². The van der Waals surface area contributed by atoms with Gasteiger partial charge in [-0.25, -0.2) is 0 Å². The Morgan fingerprint density at radius 2 is 1.63 bits per heavy atom. The van der Waals surface area contributed by atoms with E-state index in [4.69, 9.17) is 0 Å². The van der Waals surface area contributed by atoms with E-state index in [1.54, 1.807) is 18.2 Å². The van der Waals surface area contributed by atoms with E-state index in [-0.39, 0.29) is 0 Å². The van der Waals surface area contributed by atoms with Crippen molar-refractivity contribution in [1.29, 1.82) is 0 Å². The molecule has 1 aromatic heterocycles. The van der Waals surface area contributed by atoms with Gasteiger partial charge in [-0.3, -0.25) is 4.98 Å². The van der Waals surface area contributed by atoms with Crippen LogP contribution in [0.3, 0.4) is 0 Å². The average molecular weight is 313 g/mol. The Hall–Kier alpha value is -1.28. The Morgan fingerprint density at radius 3 is 2.21 bits per heavy atom. The lowest BCUT2D eigenvalue weighted by atomic mass is 10.1. The van der Waals surface area contributed by atoms with E-state index in [0.29, 0.717) is 11.3 Å². The molecule has 0 aliphatic carbocycles. The summed E-state index contributed by atoms with van der Waals surface area (Å²) in [4.78, 5) is 3.40. The molecule has 0 N–H and O–H groups in total. The molecule has 19 heavy (non-hydrogen) atoms. The number of pyridine rings is 1. The lowest BCUT2D eigenvalue weighted by molar-refractivity contribution is 0.402. The van der Waals surface area contributed by atoms with E-state index in [2.05, 4.69) is 4.98 Å². The molecule has 2 rings (SSSR count). The highest BCUT2D eigenvalue weighted by atomic mass is 33.3. The zero-order valence-electron chi connectivity index (χ0n) is 9.27. The second-order valence-electron chi connectivity index (χ2n) is 3.72. The monoisotopic (exact) mass is 313 g/mol. The van der Waals surface area contributed by atoms with Gasteiger partial charge in [0.05, 0.1) is 5.69 Å². The fraction of sp³-hybridized carbons (Fsp3) is 0. The average Bonchev–Trinajstić information content (AvgIpc) is 2.26. The smallest absolute Gasteiger partial charge is 0.256 e. The molecule has 0 saturated heterocycles. The highest BCUT2D eigenvalue weighted by Gasteiger charge is 2.65. The van der Waals surface area contributed by atoms with Gasteiger partial charge < -0.3 is 0 Å². The Bertz CT molecular complexity index is 597. The quantitative estimate of drug-likeness (QED) is 0.505. The molecule has 0 atom stereocenters. The van der Waals surface area contributed by atoms with Crippen LogP contribution in [0.15, 0.2) is 53.6 Å². The molecule has 1 aromatic carbocycles. The van der Waals surface area contributed by atoms with Crippen LogP contribution >= 0.6 is 20.0 Å². The van der Waals surface area contributed by atoms with Crippen molar-refractivity contribution < 1.29 is 19.4 Å². The van der Waals surface area contributed by atoms with Crippen molar-refractivity contribution in [3.8, 4) is 11.3 Å². The summed E-state index contributed by atoms with van der Waals surface area (Å²) in [6.07, 6.45) is 1.47. The van der Waals surface area contributed by atoms with E-state index in [0.717, 1.165) is 12.1 Å². The third kappa shape index (κ3) is 4.71. The van der Waals surface area contributed by atoms with Crippen molar-refractivity contribution in [3.63, 3.8) is 0 Å². The molecular weight excluding hydrogens is 305 g/mol. The van der Waals surface area contributed by atoms with Crippen molar-refractivity contribution in [2.75, 3.05) is 0 Å². The minimum atomic E-state index is -9.52. The molecule has 0 radical (unpaired) electrons. The zero-order valence-corrected chi connectivity index (χ0v) is 10.9. The van der Waals surface area contributed by atoms with E-state index >= 15 is 0 Å². The van der Waals surface area contributed by atoms with Crippen molar-refractivity contribution in [2.45, 2.75) is 4.90 Å². The maximum Gasteiger partial charge on any atom is 0.335 e. The lowest BCUT2D eigenvalue weighted by Gasteiger charge is -2.38. The molecule has 0 aliphatic rings. The first-order chi connectivity index (χ1) is 8.52. The number of rotatable bonds is 3. The number of aromatic nitrogens is 1. The van der Waals surface area contributed by atoms with Crippen LogP contribution in [0, 0.1) is 0 Å². The minimum Gasteiger partial charge on any atom is -0.256 e. The Balaban J connectivity index is 2.37. The van der Waals surface area contributed by atoms with Gasteiger partial charge in [0, 0.05) is 27.4 Å². The van der Waals surface area contributed by atoms with Gasteiger partial charge in [0.1, 0.15) is 0 Å². The Labute approximate surface area is 110 Å². The van der Waals surface area contributed by atoms with Gasteiger partial charge in [-0.05, 0) is 24.3 Å². The molecule has 0 aliphatic heterocycles. The van der Waals surface area contributed by atoms with Gasteiger partial charge in [0.25, 0.3) is 0 Å². The number of hydrogen-bond acceptors (Lipinski definition) is 2. The molecule has 1 nitrogen and oxygen atoms in total. The second kappa shape index (κ2) is 3.86. The van der Waals surface area contributed by atoms with Crippen LogP contribution in [0.1, 0.15) is 0 Å². The first-order valence-electron chi connectivity index (χ1n) is 4.98. The van der Waals surface area contributed by atoms with Crippen molar-refractivity contribution in [1.82, 2.24) is 4.98 Å². The maximum atomic E-state index is 12.4. The number of hydrogen-bond donors (Lipinski definition) is 0. The molecule has 0 bridgehead atoms. The summed E-state index contributed by atoms with van der Waals surface area (Å²) in [6.45, 7) is 0. The molecule has 1 heterocycles. The molecule has 0 saturated carbocycles. The Kier molecular flexibility index (Phi) is 2.87. The largest absolute Gasteiger partial charge is 0.335 e. The van der Waals surface area contributed by atoms with Crippen LogP contribution in [0.2, 0.25) is 0 Å². The summed E-state index contributed by atoms with van der Waals surface area (Å²) in [6, 6.07) is 9.74. The highest BCUT2D eigenvalue weighted by molar-refractivity contribution is 9.02. The number of benzene rings is 1. The molecule has 0 amide bonds. The predicted octanol–water partition coefficient (Wildman–Crippen LogP) is 6.05. The van der Waals surface area contributed by atoms with Gasteiger partial charge in [-0.2, -0.15) is 0 Å².